The number of benzene rings is 2. The summed E-state index contributed by atoms with van der Waals surface area (Å²) in [6.07, 6.45) is 1.84. The van der Waals surface area contributed by atoms with Crippen LogP contribution in [-0.2, 0) is 16.0 Å². The molecule has 0 saturated heterocycles. The number of aryl methyl sites for hydroxylation is 1. The van der Waals surface area contributed by atoms with Gasteiger partial charge >= 0.3 is 0 Å². The van der Waals surface area contributed by atoms with E-state index in [1.165, 1.54) is 13.0 Å². The highest BCUT2D eigenvalue weighted by molar-refractivity contribution is 5.97. The molecule has 3 aromatic rings. The van der Waals surface area contributed by atoms with E-state index in [2.05, 4.69) is 16.0 Å². The summed E-state index contributed by atoms with van der Waals surface area (Å²) >= 11 is 0. The number of nitrogens with one attached hydrogen (secondary N) is 3. The number of methoxy groups -OCH3 is 4. The number of anilines is 2. The molecule has 0 radical (unpaired) electrons. The van der Waals surface area contributed by atoms with Crippen LogP contribution in [-0.4, -0.2) is 46.3 Å². The van der Waals surface area contributed by atoms with Gasteiger partial charge in [-0.2, -0.15) is 0 Å². The molecule has 0 spiro atoms. The van der Waals surface area contributed by atoms with E-state index in [0.717, 1.165) is 11.1 Å². The van der Waals surface area contributed by atoms with Crippen molar-refractivity contribution in [2.75, 3.05) is 39.1 Å². The monoisotopic (exact) mass is 603 g/mol. The van der Waals surface area contributed by atoms with Crippen molar-refractivity contribution in [2.45, 2.75) is 52.1 Å². The van der Waals surface area contributed by atoms with Crippen LogP contribution in [0.4, 0.5) is 11.4 Å². The number of amides is 2. The van der Waals surface area contributed by atoms with Crippen LogP contribution >= 0.6 is 0 Å². The molecule has 1 aliphatic rings. The van der Waals surface area contributed by atoms with Gasteiger partial charge < -0.3 is 34.9 Å². The molecule has 3 atom stereocenters. The van der Waals surface area contributed by atoms with Crippen molar-refractivity contribution in [1.82, 2.24) is 5.32 Å². The molecule has 3 N–H and O–H groups in total. The largest absolute Gasteiger partial charge is 0.497 e. The zero-order chi connectivity index (χ0) is 32.0. The van der Waals surface area contributed by atoms with Crippen LogP contribution < -0.4 is 40.3 Å². The highest BCUT2D eigenvalue weighted by Crippen LogP contribution is 2.50. The number of hydrogen-bond donors (Lipinski definition) is 3. The maximum atomic E-state index is 13.8. The van der Waals surface area contributed by atoms with Crippen molar-refractivity contribution in [3.63, 3.8) is 0 Å². The van der Waals surface area contributed by atoms with Gasteiger partial charge in [-0.25, -0.2) is 0 Å². The minimum atomic E-state index is -0.710. The minimum absolute atomic E-state index is 0.104. The van der Waals surface area contributed by atoms with Crippen LogP contribution in [0.1, 0.15) is 50.8 Å². The lowest BCUT2D eigenvalue weighted by Gasteiger charge is -2.24. The Kier molecular flexibility index (Phi) is 10.4. The fourth-order valence-electron chi connectivity index (χ4n) is 5.62. The minimum Gasteiger partial charge on any atom is -0.497 e. The number of rotatable bonds is 11. The molecule has 0 aliphatic heterocycles. The topological polar surface area (TPSA) is 124 Å². The second kappa shape index (κ2) is 14.2. The number of hydrogen-bond acceptors (Lipinski definition) is 8. The first-order chi connectivity index (χ1) is 21.1. The van der Waals surface area contributed by atoms with Crippen molar-refractivity contribution in [3.8, 4) is 34.1 Å². The standard InChI is InChI=1S/C34H41N3O7/c1-8-19(2)31(34(40)36-22-10-9-11-23(17-22)41-4)37-27-15-13-24-25(18-28(27)39)26(35-20(3)38)14-12-21-16-29(42-5)32(43-6)33(44-7)30(21)24/h9-11,13,15-19,26,31H,8,12,14H2,1-7H3,(H,35,38)(H,36,40)(H,37,39)/t19-,26+,31+/m0/s1. The van der Waals surface area contributed by atoms with Crippen molar-refractivity contribution >= 4 is 23.2 Å². The van der Waals surface area contributed by atoms with Gasteiger partial charge in [0, 0.05) is 24.2 Å². The van der Waals surface area contributed by atoms with Gasteiger partial charge in [0.15, 0.2) is 11.5 Å². The molecule has 10 heteroatoms. The van der Waals surface area contributed by atoms with Crippen LogP contribution in [0.2, 0.25) is 0 Å². The van der Waals surface area contributed by atoms with Crippen LogP contribution in [0.3, 0.4) is 0 Å². The first kappa shape index (κ1) is 32.2. The van der Waals surface area contributed by atoms with Gasteiger partial charge in [0.1, 0.15) is 11.8 Å². The molecule has 3 aromatic carbocycles. The number of ether oxygens (including phenoxy) is 4. The molecule has 2 amide bonds. The molecule has 0 aromatic heterocycles. The van der Waals surface area contributed by atoms with Gasteiger partial charge in [-0.3, -0.25) is 14.4 Å². The predicted molar refractivity (Wildman–Crippen MR) is 171 cm³/mol. The van der Waals surface area contributed by atoms with E-state index in [1.807, 2.05) is 26.0 Å². The van der Waals surface area contributed by atoms with Crippen LogP contribution in [0, 0.1) is 5.92 Å². The normalized spacial score (nSPS) is 14.9. The van der Waals surface area contributed by atoms with Gasteiger partial charge in [-0.15, -0.1) is 0 Å². The van der Waals surface area contributed by atoms with Crippen molar-refractivity contribution in [2.24, 2.45) is 5.92 Å². The third-order valence-electron chi connectivity index (χ3n) is 8.06. The molecule has 4 rings (SSSR count). The average Bonchev–Trinajstić information content (AvgIpc) is 3.26. The lowest BCUT2D eigenvalue weighted by Crippen LogP contribution is -2.40. The van der Waals surface area contributed by atoms with Crippen LogP contribution in [0.25, 0.3) is 11.1 Å². The average molecular weight is 604 g/mol. The van der Waals surface area contributed by atoms with E-state index in [4.69, 9.17) is 18.9 Å². The van der Waals surface area contributed by atoms with E-state index in [0.29, 0.717) is 59.1 Å². The molecular formula is C34H41N3O7. The number of carbonyl (C=O) groups is 2. The Hall–Kier alpha value is -4.73. The van der Waals surface area contributed by atoms with E-state index < -0.39 is 12.1 Å². The summed E-state index contributed by atoms with van der Waals surface area (Å²) in [4.78, 5) is 39.7. The summed E-state index contributed by atoms with van der Waals surface area (Å²) in [5.41, 5.74) is 3.56. The zero-order valence-electron chi connectivity index (χ0n) is 26.3. The fraction of sp³-hybridized carbons (Fsp3) is 0.382. The Morgan fingerprint density at radius 2 is 1.70 bits per heavy atom. The maximum absolute atomic E-state index is 13.8. The second-order valence-corrected chi connectivity index (χ2v) is 10.8. The van der Waals surface area contributed by atoms with Gasteiger partial charge in [0.05, 0.1) is 40.2 Å². The molecule has 0 fully saturated rings. The molecule has 0 unspecified atom stereocenters. The lowest BCUT2D eigenvalue weighted by molar-refractivity contribution is -0.120. The van der Waals surface area contributed by atoms with Gasteiger partial charge in [0.2, 0.25) is 23.0 Å². The quantitative estimate of drug-likeness (QED) is 0.269. The molecule has 0 heterocycles. The SMILES string of the molecule is CC[C@H](C)[C@@H](Nc1ccc2c(cc1=O)[C@H](NC(C)=O)CCc1cc(OC)c(OC)c(OC)c1-2)C(=O)Nc1cccc(OC)c1. The van der Waals surface area contributed by atoms with Crippen LogP contribution in [0.5, 0.6) is 23.0 Å². The summed E-state index contributed by atoms with van der Waals surface area (Å²) < 4.78 is 22.4. The molecule has 234 valence electrons. The predicted octanol–water partition coefficient (Wildman–Crippen LogP) is 5.34. The summed E-state index contributed by atoms with van der Waals surface area (Å²) in [7, 11) is 6.22. The smallest absolute Gasteiger partial charge is 0.247 e. The Morgan fingerprint density at radius 3 is 2.34 bits per heavy atom. The van der Waals surface area contributed by atoms with E-state index in [-0.39, 0.29) is 28.8 Å². The first-order valence-corrected chi connectivity index (χ1v) is 14.6. The first-order valence-electron chi connectivity index (χ1n) is 14.6. The van der Waals surface area contributed by atoms with E-state index >= 15 is 0 Å². The highest BCUT2D eigenvalue weighted by atomic mass is 16.5. The summed E-state index contributed by atoms with van der Waals surface area (Å²) in [5.74, 6) is 1.44. The summed E-state index contributed by atoms with van der Waals surface area (Å²) in [6.45, 7) is 5.40. The van der Waals surface area contributed by atoms with Gasteiger partial charge in [-0.05, 0) is 65.8 Å². The Labute approximate surface area is 258 Å². The zero-order valence-corrected chi connectivity index (χ0v) is 26.3. The number of fused-ring (bicyclic) bond motifs is 3. The van der Waals surface area contributed by atoms with Gasteiger partial charge in [-0.1, -0.05) is 32.4 Å². The molecule has 0 bridgehead atoms. The number of carbonyl (C=O) groups excluding carboxylic acids is 2. The molecule has 0 saturated carbocycles. The van der Waals surface area contributed by atoms with Gasteiger partial charge in [0.25, 0.3) is 0 Å². The Balaban J connectivity index is 1.85. The second-order valence-electron chi connectivity index (χ2n) is 10.8. The Morgan fingerprint density at radius 1 is 0.955 bits per heavy atom. The fourth-order valence-corrected chi connectivity index (χ4v) is 5.62. The van der Waals surface area contributed by atoms with Crippen molar-refractivity contribution in [3.05, 3.63) is 69.9 Å². The van der Waals surface area contributed by atoms with Crippen molar-refractivity contribution in [1.29, 1.82) is 0 Å². The third kappa shape index (κ3) is 6.74. The molecule has 1 aliphatic carbocycles. The summed E-state index contributed by atoms with van der Waals surface area (Å²) in [5, 5.41) is 9.20. The Bertz CT molecular complexity index is 1590. The van der Waals surface area contributed by atoms with Crippen molar-refractivity contribution < 1.29 is 28.5 Å². The highest BCUT2D eigenvalue weighted by Gasteiger charge is 2.30. The van der Waals surface area contributed by atoms with E-state index in [9.17, 15) is 14.4 Å². The molecular weight excluding hydrogens is 562 g/mol. The lowest BCUT2D eigenvalue weighted by atomic mass is 9.95. The molecule has 10 nitrogen and oxygen atoms in total. The summed E-state index contributed by atoms with van der Waals surface area (Å²) in [6, 6.07) is 12.9. The van der Waals surface area contributed by atoms with Crippen LogP contribution in [0.15, 0.2) is 53.3 Å². The third-order valence-corrected chi connectivity index (χ3v) is 8.06. The maximum Gasteiger partial charge on any atom is 0.247 e. The molecule has 44 heavy (non-hydrogen) atoms. The van der Waals surface area contributed by atoms with E-state index in [1.54, 1.807) is 58.8 Å².